The van der Waals surface area contributed by atoms with Gasteiger partial charge in [-0.15, -0.1) is 22.7 Å². The molecule has 0 spiro atoms. The fourth-order valence-corrected chi connectivity index (χ4v) is 6.39. The molecule has 8 heteroatoms. The molecule has 0 aliphatic carbocycles. The Morgan fingerprint density at radius 3 is 2.30 bits per heavy atom. The first-order chi connectivity index (χ1) is 17.9. The van der Waals surface area contributed by atoms with Crippen LogP contribution in [0.5, 0.6) is 0 Å². The standard InChI is InChI=1S/C29H29NO5S2/c1-4-11-21-20-14-9-10-15-22(20)36-25(21)26(31)30-27-23(28(32)34-5-2)18(3)24(37-27)29(33)35-17-16-19-12-7-6-8-13-19/h6-10,12-15H,4-5,11,16-17H2,1-3H3,(H,30,31). The smallest absolute Gasteiger partial charge is 0.348 e. The van der Waals surface area contributed by atoms with Crippen LogP contribution in [0.2, 0.25) is 0 Å². The Labute approximate surface area is 224 Å². The van der Waals surface area contributed by atoms with Crippen LogP contribution in [0, 0.1) is 6.92 Å². The Kier molecular flexibility index (Phi) is 8.74. The number of ether oxygens (including phenoxy) is 2. The van der Waals surface area contributed by atoms with Crippen molar-refractivity contribution in [1.82, 2.24) is 0 Å². The number of thiophene rings is 2. The van der Waals surface area contributed by atoms with Gasteiger partial charge in [-0.3, -0.25) is 4.79 Å². The van der Waals surface area contributed by atoms with Crippen LogP contribution in [0.4, 0.5) is 5.00 Å². The molecular weight excluding hydrogens is 506 g/mol. The van der Waals surface area contributed by atoms with Crippen molar-refractivity contribution in [2.75, 3.05) is 18.5 Å². The first-order valence-corrected chi connectivity index (χ1v) is 13.9. The molecule has 1 amide bonds. The summed E-state index contributed by atoms with van der Waals surface area (Å²) in [5.41, 5.74) is 2.68. The molecule has 2 aromatic carbocycles. The second-order valence-corrected chi connectivity index (χ2v) is 10.5. The van der Waals surface area contributed by atoms with Gasteiger partial charge in [0.25, 0.3) is 5.91 Å². The van der Waals surface area contributed by atoms with Gasteiger partial charge < -0.3 is 14.8 Å². The Morgan fingerprint density at radius 1 is 0.838 bits per heavy atom. The zero-order valence-electron chi connectivity index (χ0n) is 21.1. The van der Waals surface area contributed by atoms with Crippen molar-refractivity contribution < 1.29 is 23.9 Å². The number of hydrogen-bond donors (Lipinski definition) is 1. The second-order valence-electron chi connectivity index (χ2n) is 8.46. The van der Waals surface area contributed by atoms with Gasteiger partial charge in [0.2, 0.25) is 0 Å². The molecule has 0 aliphatic rings. The van der Waals surface area contributed by atoms with Gasteiger partial charge in [-0.1, -0.05) is 61.9 Å². The van der Waals surface area contributed by atoms with E-state index in [1.807, 2.05) is 54.6 Å². The summed E-state index contributed by atoms with van der Waals surface area (Å²) in [6, 6.07) is 17.7. The van der Waals surface area contributed by atoms with Crippen LogP contribution in [0.15, 0.2) is 54.6 Å². The zero-order chi connectivity index (χ0) is 26.4. The van der Waals surface area contributed by atoms with Crippen molar-refractivity contribution in [1.29, 1.82) is 0 Å². The number of esters is 2. The van der Waals surface area contributed by atoms with Gasteiger partial charge in [-0.2, -0.15) is 0 Å². The van der Waals surface area contributed by atoms with Crippen LogP contribution < -0.4 is 5.32 Å². The van der Waals surface area contributed by atoms with E-state index in [0.29, 0.717) is 16.9 Å². The molecule has 0 radical (unpaired) electrons. The SMILES string of the molecule is CCCc1c(C(=O)Nc2sc(C(=O)OCCc3ccccc3)c(C)c2C(=O)OCC)sc2ccccc12. The predicted molar refractivity (Wildman–Crippen MR) is 149 cm³/mol. The van der Waals surface area contributed by atoms with Gasteiger partial charge >= 0.3 is 11.9 Å². The summed E-state index contributed by atoms with van der Waals surface area (Å²) >= 11 is 2.47. The summed E-state index contributed by atoms with van der Waals surface area (Å²) in [5, 5.41) is 4.26. The molecule has 0 unspecified atom stereocenters. The first-order valence-electron chi connectivity index (χ1n) is 12.3. The van der Waals surface area contributed by atoms with Gasteiger partial charge in [0, 0.05) is 11.1 Å². The number of hydrogen-bond acceptors (Lipinski definition) is 7. The first kappa shape index (κ1) is 26.6. The van der Waals surface area contributed by atoms with Gasteiger partial charge in [-0.25, -0.2) is 9.59 Å². The lowest BCUT2D eigenvalue weighted by Gasteiger charge is -2.08. The average molecular weight is 536 g/mol. The molecular formula is C29H29NO5S2. The Morgan fingerprint density at radius 2 is 1.57 bits per heavy atom. The third-order valence-corrected chi connectivity index (χ3v) is 8.31. The van der Waals surface area contributed by atoms with E-state index >= 15 is 0 Å². The molecule has 1 N–H and O–H groups in total. The lowest BCUT2D eigenvalue weighted by atomic mass is 10.1. The number of carbonyl (C=O) groups is 3. The quantitative estimate of drug-likeness (QED) is 0.220. The minimum Gasteiger partial charge on any atom is -0.462 e. The molecule has 0 fully saturated rings. The topological polar surface area (TPSA) is 81.7 Å². The molecule has 2 heterocycles. The minimum atomic E-state index is -0.583. The van der Waals surface area contributed by atoms with Gasteiger partial charge in [0.15, 0.2) is 0 Å². The lowest BCUT2D eigenvalue weighted by molar-refractivity contribution is 0.0514. The number of rotatable bonds is 10. The fourth-order valence-electron chi connectivity index (χ4n) is 4.16. The third-order valence-electron chi connectivity index (χ3n) is 5.91. The number of nitrogens with one attached hydrogen (secondary N) is 1. The highest BCUT2D eigenvalue weighted by Crippen LogP contribution is 2.37. The van der Waals surface area contributed by atoms with Crippen molar-refractivity contribution in [2.24, 2.45) is 0 Å². The largest absolute Gasteiger partial charge is 0.462 e. The van der Waals surface area contributed by atoms with E-state index in [-0.39, 0.29) is 34.6 Å². The van der Waals surface area contributed by atoms with Crippen molar-refractivity contribution in [3.63, 3.8) is 0 Å². The highest BCUT2D eigenvalue weighted by atomic mass is 32.1. The highest BCUT2D eigenvalue weighted by molar-refractivity contribution is 7.21. The summed E-state index contributed by atoms with van der Waals surface area (Å²) in [7, 11) is 0. The number of anilines is 1. The lowest BCUT2D eigenvalue weighted by Crippen LogP contribution is -2.15. The summed E-state index contributed by atoms with van der Waals surface area (Å²) < 4.78 is 11.8. The number of benzene rings is 2. The number of amides is 1. The molecule has 0 aliphatic heterocycles. The van der Waals surface area contributed by atoms with Crippen molar-refractivity contribution in [3.8, 4) is 0 Å². The van der Waals surface area contributed by atoms with E-state index in [0.717, 1.165) is 45.4 Å². The Bertz CT molecular complexity index is 1420. The summed E-state index contributed by atoms with van der Waals surface area (Å²) in [6.45, 7) is 5.85. The van der Waals surface area contributed by atoms with E-state index in [4.69, 9.17) is 9.47 Å². The molecule has 4 rings (SSSR count). The second kappa shape index (κ2) is 12.2. The maximum Gasteiger partial charge on any atom is 0.348 e. The fraction of sp³-hybridized carbons (Fsp3) is 0.276. The van der Waals surface area contributed by atoms with E-state index in [2.05, 4.69) is 12.2 Å². The van der Waals surface area contributed by atoms with E-state index in [9.17, 15) is 14.4 Å². The van der Waals surface area contributed by atoms with Gasteiger partial charge in [0.05, 0.1) is 23.7 Å². The summed E-state index contributed by atoms with van der Waals surface area (Å²) in [5.74, 6) is -1.42. The van der Waals surface area contributed by atoms with E-state index in [1.54, 1.807) is 13.8 Å². The number of aryl methyl sites for hydroxylation is 1. The Hall–Kier alpha value is -3.49. The molecule has 0 saturated carbocycles. The monoisotopic (exact) mass is 535 g/mol. The van der Waals surface area contributed by atoms with Crippen molar-refractivity contribution in [3.05, 3.63) is 86.6 Å². The zero-order valence-corrected chi connectivity index (χ0v) is 22.7. The molecule has 0 saturated heterocycles. The third kappa shape index (κ3) is 5.92. The molecule has 6 nitrogen and oxygen atoms in total. The molecule has 0 atom stereocenters. The van der Waals surface area contributed by atoms with E-state index < -0.39 is 11.9 Å². The predicted octanol–water partition coefficient (Wildman–Crippen LogP) is 7.05. The molecule has 2 aromatic heterocycles. The molecule has 37 heavy (non-hydrogen) atoms. The summed E-state index contributed by atoms with van der Waals surface area (Å²) in [6.07, 6.45) is 2.24. The van der Waals surface area contributed by atoms with Crippen LogP contribution in [-0.4, -0.2) is 31.1 Å². The molecule has 4 aromatic rings. The molecule has 0 bridgehead atoms. The van der Waals surface area contributed by atoms with Gasteiger partial charge in [-0.05, 0) is 48.4 Å². The van der Waals surface area contributed by atoms with Crippen molar-refractivity contribution >= 4 is 55.6 Å². The minimum absolute atomic E-state index is 0.176. The van der Waals surface area contributed by atoms with Crippen LogP contribution in [-0.2, 0) is 22.3 Å². The normalized spacial score (nSPS) is 10.9. The number of fused-ring (bicyclic) bond motifs is 1. The van der Waals surface area contributed by atoms with Gasteiger partial charge in [0.1, 0.15) is 9.88 Å². The molecule has 192 valence electrons. The van der Waals surface area contributed by atoms with Crippen LogP contribution in [0.3, 0.4) is 0 Å². The highest BCUT2D eigenvalue weighted by Gasteiger charge is 2.28. The maximum atomic E-state index is 13.5. The number of carbonyl (C=O) groups excluding carboxylic acids is 3. The summed E-state index contributed by atoms with van der Waals surface area (Å²) in [4.78, 5) is 40.1. The van der Waals surface area contributed by atoms with Crippen LogP contribution in [0.25, 0.3) is 10.1 Å². The Balaban J connectivity index is 1.61. The van der Waals surface area contributed by atoms with Crippen LogP contribution >= 0.6 is 22.7 Å². The maximum absolute atomic E-state index is 13.5. The average Bonchev–Trinajstić information content (AvgIpc) is 3.42. The van der Waals surface area contributed by atoms with Crippen LogP contribution in [0.1, 0.15) is 66.7 Å². The van der Waals surface area contributed by atoms with Crippen molar-refractivity contribution in [2.45, 2.75) is 40.0 Å². The van der Waals surface area contributed by atoms with E-state index in [1.165, 1.54) is 11.3 Å².